The van der Waals surface area contributed by atoms with Crippen LogP contribution in [0.1, 0.15) is 21.5 Å². The molecular weight excluding hydrogens is 267 g/mol. The Morgan fingerprint density at radius 3 is 1.92 bits per heavy atom. The Bertz CT molecular complexity index is 274. The van der Waals surface area contributed by atoms with Gasteiger partial charge in [-0.05, 0) is 26.0 Å². The zero-order chi connectivity index (χ0) is 8.43. The second-order valence-corrected chi connectivity index (χ2v) is 2.68. The highest BCUT2D eigenvalue weighted by Crippen LogP contribution is 2.08. The molecule has 1 N–H and O–H groups in total. The maximum Gasteiger partial charge on any atom is 0.335 e. The summed E-state index contributed by atoms with van der Waals surface area (Å²) in [5.74, 6) is -0.864. The van der Waals surface area contributed by atoms with E-state index in [1.807, 2.05) is 19.9 Å². The minimum Gasteiger partial charge on any atom is -0.478 e. The van der Waals surface area contributed by atoms with Crippen LogP contribution in [0.25, 0.3) is 0 Å². The largest absolute Gasteiger partial charge is 0.478 e. The lowest BCUT2D eigenvalue weighted by molar-refractivity contribution is 0.0696. The first kappa shape index (κ1) is 11.4. The normalized spacial score (nSPS) is 8.83. The van der Waals surface area contributed by atoms with Gasteiger partial charge in [-0.25, -0.2) is 4.79 Å². The molecule has 66 valence electrons. The predicted molar refractivity (Wildman–Crippen MR) is 58.3 cm³/mol. The third-order valence-electron chi connectivity index (χ3n) is 1.47. The minimum absolute atomic E-state index is 0. The van der Waals surface area contributed by atoms with Crippen molar-refractivity contribution in [2.75, 3.05) is 0 Å². The van der Waals surface area contributed by atoms with Gasteiger partial charge in [0.15, 0.2) is 0 Å². The van der Waals surface area contributed by atoms with Gasteiger partial charge in [-0.3, -0.25) is 0 Å². The Morgan fingerprint density at radius 2 is 1.58 bits per heavy atom. The fourth-order valence-corrected chi connectivity index (χ4v) is 1.10. The Balaban J connectivity index is 0.00000121. The molecular formula is C9H11IO2. The highest BCUT2D eigenvalue weighted by molar-refractivity contribution is 14.0. The SMILES string of the molecule is Cc1cc(C)cc(C(=O)O)c1.I. The summed E-state index contributed by atoms with van der Waals surface area (Å²) in [6.45, 7) is 3.78. The molecule has 0 radical (unpaired) electrons. The molecule has 1 aromatic carbocycles. The van der Waals surface area contributed by atoms with E-state index in [0.29, 0.717) is 5.56 Å². The Kier molecular flexibility index (Phi) is 4.23. The first-order valence-corrected chi connectivity index (χ1v) is 3.41. The number of carboxylic acid groups (broad SMARTS) is 1. The van der Waals surface area contributed by atoms with Gasteiger partial charge in [0.2, 0.25) is 0 Å². The van der Waals surface area contributed by atoms with E-state index in [-0.39, 0.29) is 24.0 Å². The fraction of sp³-hybridized carbons (Fsp3) is 0.222. The van der Waals surface area contributed by atoms with E-state index in [1.165, 1.54) is 0 Å². The maximum absolute atomic E-state index is 10.5. The number of rotatable bonds is 1. The molecule has 0 saturated carbocycles. The van der Waals surface area contributed by atoms with Crippen LogP contribution in [0.4, 0.5) is 0 Å². The van der Waals surface area contributed by atoms with Crippen LogP contribution in [0.15, 0.2) is 18.2 Å². The first-order valence-electron chi connectivity index (χ1n) is 3.41. The Labute approximate surface area is 88.6 Å². The van der Waals surface area contributed by atoms with Crippen molar-refractivity contribution in [1.29, 1.82) is 0 Å². The van der Waals surface area contributed by atoms with Gasteiger partial charge in [0.05, 0.1) is 5.56 Å². The van der Waals surface area contributed by atoms with E-state index in [1.54, 1.807) is 12.1 Å². The minimum atomic E-state index is -0.864. The number of carboxylic acids is 1. The molecule has 3 heteroatoms. The number of hydrogen-bond acceptors (Lipinski definition) is 1. The van der Waals surface area contributed by atoms with Crippen LogP contribution in [-0.2, 0) is 0 Å². The van der Waals surface area contributed by atoms with Gasteiger partial charge in [-0.2, -0.15) is 0 Å². The lowest BCUT2D eigenvalue weighted by atomic mass is 10.1. The average Bonchev–Trinajstić information content (AvgIpc) is 1.85. The molecule has 0 amide bonds. The molecule has 0 saturated heterocycles. The number of aromatic carboxylic acids is 1. The summed E-state index contributed by atoms with van der Waals surface area (Å²) in [6.07, 6.45) is 0. The van der Waals surface area contributed by atoms with Gasteiger partial charge in [0.1, 0.15) is 0 Å². The van der Waals surface area contributed by atoms with E-state index in [9.17, 15) is 4.79 Å². The van der Waals surface area contributed by atoms with Crippen molar-refractivity contribution in [3.63, 3.8) is 0 Å². The number of carbonyl (C=O) groups is 1. The van der Waals surface area contributed by atoms with Crippen LogP contribution in [0.2, 0.25) is 0 Å². The van der Waals surface area contributed by atoms with Crippen molar-refractivity contribution in [3.8, 4) is 0 Å². The standard InChI is InChI=1S/C9H10O2.HI/c1-6-3-7(2)5-8(4-6)9(10)11;/h3-5H,1-2H3,(H,10,11);1H. The van der Waals surface area contributed by atoms with E-state index in [4.69, 9.17) is 5.11 Å². The summed E-state index contributed by atoms with van der Waals surface area (Å²) >= 11 is 0. The average molecular weight is 278 g/mol. The molecule has 2 nitrogen and oxygen atoms in total. The first-order chi connectivity index (χ1) is 5.09. The lowest BCUT2D eigenvalue weighted by Gasteiger charge is -1.98. The third-order valence-corrected chi connectivity index (χ3v) is 1.47. The van der Waals surface area contributed by atoms with Crippen LogP contribution in [-0.4, -0.2) is 11.1 Å². The number of benzene rings is 1. The van der Waals surface area contributed by atoms with E-state index < -0.39 is 5.97 Å². The third kappa shape index (κ3) is 2.81. The summed E-state index contributed by atoms with van der Waals surface area (Å²) in [5, 5.41) is 8.63. The highest BCUT2D eigenvalue weighted by atomic mass is 127. The smallest absolute Gasteiger partial charge is 0.335 e. The molecule has 1 aromatic rings. The molecule has 0 aromatic heterocycles. The Morgan fingerprint density at radius 1 is 1.17 bits per heavy atom. The second kappa shape index (κ2) is 4.45. The van der Waals surface area contributed by atoms with Crippen LogP contribution >= 0.6 is 24.0 Å². The van der Waals surface area contributed by atoms with Gasteiger partial charge >= 0.3 is 5.97 Å². The maximum atomic E-state index is 10.5. The molecule has 1 rings (SSSR count). The molecule has 0 aliphatic carbocycles. The van der Waals surface area contributed by atoms with Gasteiger partial charge in [0, 0.05) is 0 Å². The van der Waals surface area contributed by atoms with Crippen molar-refractivity contribution < 1.29 is 9.90 Å². The summed E-state index contributed by atoms with van der Waals surface area (Å²) in [7, 11) is 0. The van der Waals surface area contributed by atoms with Crippen molar-refractivity contribution >= 4 is 29.9 Å². The quantitative estimate of drug-likeness (QED) is 0.802. The van der Waals surface area contributed by atoms with Crippen molar-refractivity contribution in [3.05, 3.63) is 34.9 Å². The van der Waals surface area contributed by atoms with Crippen molar-refractivity contribution in [1.82, 2.24) is 0 Å². The molecule has 0 aliphatic rings. The highest BCUT2D eigenvalue weighted by Gasteiger charge is 2.02. The second-order valence-electron chi connectivity index (χ2n) is 2.68. The van der Waals surface area contributed by atoms with Crippen LogP contribution < -0.4 is 0 Å². The zero-order valence-corrected chi connectivity index (χ0v) is 9.33. The topological polar surface area (TPSA) is 37.3 Å². The molecule has 0 aliphatic heterocycles. The van der Waals surface area contributed by atoms with Crippen LogP contribution in [0, 0.1) is 13.8 Å². The number of hydrogen-bond donors (Lipinski definition) is 1. The predicted octanol–water partition coefficient (Wildman–Crippen LogP) is 2.62. The molecule has 0 unspecified atom stereocenters. The van der Waals surface area contributed by atoms with Crippen LogP contribution in [0.5, 0.6) is 0 Å². The number of aryl methyl sites for hydroxylation is 2. The van der Waals surface area contributed by atoms with Crippen molar-refractivity contribution in [2.45, 2.75) is 13.8 Å². The lowest BCUT2D eigenvalue weighted by Crippen LogP contribution is -1.96. The Hall–Kier alpha value is -0.580. The summed E-state index contributed by atoms with van der Waals surface area (Å²) < 4.78 is 0. The zero-order valence-electron chi connectivity index (χ0n) is 7.00. The number of halogens is 1. The monoisotopic (exact) mass is 278 g/mol. The van der Waals surface area contributed by atoms with Gasteiger partial charge < -0.3 is 5.11 Å². The molecule has 12 heavy (non-hydrogen) atoms. The van der Waals surface area contributed by atoms with E-state index in [0.717, 1.165) is 11.1 Å². The summed E-state index contributed by atoms with van der Waals surface area (Å²) in [5.41, 5.74) is 2.34. The van der Waals surface area contributed by atoms with Crippen LogP contribution in [0.3, 0.4) is 0 Å². The van der Waals surface area contributed by atoms with Gasteiger partial charge in [-0.15, -0.1) is 24.0 Å². The molecule has 0 bridgehead atoms. The molecule has 0 fully saturated rings. The van der Waals surface area contributed by atoms with E-state index in [2.05, 4.69) is 0 Å². The van der Waals surface area contributed by atoms with Crippen molar-refractivity contribution in [2.24, 2.45) is 0 Å². The fourth-order valence-electron chi connectivity index (χ4n) is 1.10. The van der Waals surface area contributed by atoms with Gasteiger partial charge in [0.25, 0.3) is 0 Å². The molecule has 0 atom stereocenters. The van der Waals surface area contributed by atoms with Gasteiger partial charge in [-0.1, -0.05) is 17.2 Å². The van der Waals surface area contributed by atoms with E-state index >= 15 is 0 Å². The molecule has 0 spiro atoms. The summed E-state index contributed by atoms with van der Waals surface area (Å²) in [4.78, 5) is 10.5. The molecule has 0 heterocycles. The summed E-state index contributed by atoms with van der Waals surface area (Å²) in [6, 6.07) is 5.27.